The molecule has 0 aliphatic carbocycles. The third-order valence-corrected chi connectivity index (χ3v) is 5.31. The number of nitrogens with one attached hydrogen (secondary N) is 1. The van der Waals surface area contributed by atoms with Gasteiger partial charge in [-0.15, -0.1) is 5.10 Å². The second-order valence-corrected chi connectivity index (χ2v) is 7.57. The van der Waals surface area contributed by atoms with Gasteiger partial charge in [0.2, 0.25) is 0 Å². The monoisotopic (exact) mass is 428 g/mol. The fourth-order valence-corrected chi connectivity index (χ4v) is 3.60. The highest BCUT2D eigenvalue weighted by molar-refractivity contribution is 5.88. The Labute approximate surface area is 184 Å². The number of nitrogens with zero attached hydrogens (tertiary/aromatic N) is 5. The van der Waals surface area contributed by atoms with E-state index in [0.29, 0.717) is 18.8 Å². The molecule has 0 atom stereocenters. The summed E-state index contributed by atoms with van der Waals surface area (Å²) in [5, 5.41) is 14.3. The van der Waals surface area contributed by atoms with Crippen molar-refractivity contribution >= 4 is 11.6 Å². The van der Waals surface area contributed by atoms with Crippen LogP contribution >= 0.6 is 0 Å². The normalized spacial score (nSPS) is 11.6. The molecule has 0 radical (unpaired) electrons. The van der Waals surface area contributed by atoms with Gasteiger partial charge in [0.15, 0.2) is 5.82 Å². The molecule has 1 N–H and O–H groups in total. The summed E-state index contributed by atoms with van der Waals surface area (Å²) in [6.07, 6.45) is 3.55. The molecule has 32 heavy (non-hydrogen) atoms. The first-order valence-corrected chi connectivity index (χ1v) is 10.5. The quantitative estimate of drug-likeness (QED) is 0.456. The van der Waals surface area contributed by atoms with Crippen molar-refractivity contribution in [3.63, 3.8) is 0 Å². The standard InChI is InChI=1S/C24H24N6O2/c1-3-7-20-15-22(31)29(2)24(32)30(20)16-18-12-10-17(11-13-18)14-21(23-25-27-28-26-23)19-8-5-4-6-9-19/h4-6,8-15H,3,7,16H2,1-2H3,(H,25,26,27,28). The van der Waals surface area contributed by atoms with E-state index < -0.39 is 0 Å². The van der Waals surface area contributed by atoms with E-state index >= 15 is 0 Å². The van der Waals surface area contributed by atoms with Gasteiger partial charge in [0.25, 0.3) is 5.56 Å². The zero-order valence-corrected chi connectivity index (χ0v) is 18.0. The van der Waals surface area contributed by atoms with Gasteiger partial charge in [-0.3, -0.25) is 13.9 Å². The molecule has 2 heterocycles. The fraction of sp³-hybridized carbons (Fsp3) is 0.208. The lowest BCUT2D eigenvalue weighted by atomic mass is 10.0. The summed E-state index contributed by atoms with van der Waals surface area (Å²) in [6, 6.07) is 19.4. The van der Waals surface area contributed by atoms with Crippen molar-refractivity contribution in [2.45, 2.75) is 26.3 Å². The van der Waals surface area contributed by atoms with E-state index in [9.17, 15) is 9.59 Å². The zero-order chi connectivity index (χ0) is 22.5. The van der Waals surface area contributed by atoms with Gasteiger partial charge in [0.05, 0.1) is 6.54 Å². The lowest BCUT2D eigenvalue weighted by molar-refractivity contribution is 0.606. The molecule has 0 saturated heterocycles. The average Bonchev–Trinajstić information content (AvgIpc) is 3.35. The Bertz CT molecular complexity index is 1330. The first-order valence-electron chi connectivity index (χ1n) is 10.5. The van der Waals surface area contributed by atoms with Crippen LogP contribution in [-0.2, 0) is 20.0 Å². The minimum absolute atomic E-state index is 0.273. The lowest BCUT2D eigenvalue weighted by Crippen LogP contribution is -2.39. The Balaban J connectivity index is 1.66. The Kier molecular flexibility index (Phi) is 6.21. The number of aromatic amines is 1. The van der Waals surface area contributed by atoms with Crippen molar-refractivity contribution in [2.75, 3.05) is 0 Å². The number of rotatable bonds is 7. The zero-order valence-electron chi connectivity index (χ0n) is 18.0. The van der Waals surface area contributed by atoms with Gasteiger partial charge < -0.3 is 0 Å². The van der Waals surface area contributed by atoms with Crippen molar-refractivity contribution in [1.82, 2.24) is 29.8 Å². The average molecular weight is 428 g/mol. The molecule has 4 rings (SSSR count). The number of aryl methyl sites for hydroxylation is 1. The minimum Gasteiger partial charge on any atom is -0.293 e. The van der Waals surface area contributed by atoms with Crippen LogP contribution in [0.2, 0.25) is 0 Å². The summed E-state index contributed by atoms with van der Waals surface area (Å²) in [7, 11) is 1.51. The molecule has 0 spiro atoms. The van der Waals surface area contributed by atoms with Crippen LogP contribution in [-0.4, -0.2) is 29.8 Å². The maximum absolute atomic E-state index is 12.7. The van der Waals surface area contributed by atoms with Gasteiger partial charge in [0.1, 0.15) is 0 Å². The molecule has 0 aliphatic rings. The highest BCUT2D eigenvalue weighted by Gasteiger charge is 2.11. The summed E-state index contributed by atoms with van der Waals surface area (Å²) in [5.41, 5.74) is 4.01. The molecule has 0 aliphatic heterocycles. The number of tetrazole rings is 1. The molecule has 8 nitrogen and oxygen atoms in total. The maximum atomic E-state index is 12.7. The highest BCUT2D eigenvalue weighted by atomic mass is 16.2. The second kappa shape index (κ2) is 9.38. The van der Waals surface area contributed by atoms with Crippen LogP contribution in [0.1, 0.15) is 41.6 Å². The molecule has 0 bridgehead atoms. The van der Waals surface area contributed by atoms with E-state index in [1.165, 1.54) is 7.05 Å². The van der Waals surface area contributed by atoms with E-state index in [-0.39, 0.29) is 11.2 Å². The van der Waals surface area contributed by atoms with Crippen molar-refractivity contribution in [3.05, 3.63) is 110 Å². The number of hydrogen-bond acceptors (Lipinski definition) is 5. The van der Waals surface area contributed by atoms with Gasteiger partial charge >= 0.3 is 5.69 Å². The molecule has 0 saturated carbocycles. The summed E-state index contributed by atoms with van der Waals surface area (Å²) < 4.78 is 2.82. The topological polar surface area (TPSA) is 98.5 Å². The van der Waals surface area contributed by atoms with Crippen molar-refractivity contribution in [1.29, 1.82) is 0 Å². The molecule has 8 heteroatoms. The molecule has 4 aromatic rings. The lowest BCUT2D eigenvalue weighted by Gasteiger charge is -2.14. The van der Waals surface area contributed by atoms with Crippen LogP contribution in [0.5, 0.6) is 0 Å². The van der Waals surface area contributed by atoms with Gasteiger partial charge in [-0.05, 0) is 39.6 Å². The molecule has 0 fully saturated rings. The number of aromatic nitrogens is 6. The SMILES string of the molecule is CCCc1cc(=O)n(C)c(=O)n1Cc1ccc(C=C(c2ccccc2)c2nnn[nH]2)cc1. The van der Waals surface area contributed by atoms with Crippen LogP contribution in [0.25, 0.3) is 11.6 Å². The number of hydrogen-bond donors (Lipinski definition) is 1. The van der Waals surface area contributed by atoms with Crippen LogP contribution in [0.3, 0.4) is 0 Å². The van der Waals surface area contributed by atoms with Crippen molar-refractivity contribution < 1.29 is 0 Å². The molecule has 2 aromatic carbocycles. The summed E-state index contributed by atoms with van der Waals surface area (Å²) in [4.78, 5) is 24.7. The van der Waals surface area contributed by atoms with Gasteiger partial charge in [-0.1, -0.05) is 67.9 Å². The van der Waals surface area contributed by atoms with Crippen LogP contribution in [0.15, 0.2) is 70.3 Å². The predicted octanol–water partition coefficient (Wildman–Crippen LogP) is 2.65. The molecule has 2 aromatic heterocycles. The Morgan fingerprint density at radius 3 is 2.47 bits per heavy atom. The molecule has 0 unspecified atom stereocenters. The summed E-state index contributed by atoms with van der Waals surface area (Å²) >= 11 is 0. The van der Waals surface area contributed by atoms with Gasteiger partial charge in [-0.25, -0.2) is 9.89 Å². The first-order chi connectivity index (χ1) is 15.6. The van der Waals surface area contributed by atoms with Gasteiger partial charge in [0, 0.05) is 24.4 Å². The van der Waals surface area contributed by atoms with E-state index in [2.05, 4.69) is 20.6 Å². The van der Waals surface area contributed by atoms with Crippen molar-refractivity contribution in [3.8, 4) is 0 Å². The van der Waals surface area contributed by atoms with Crippen molar-refractivity contribution in [2.24, 2.45) is 7.05 Å². The Morgan fingerprint density at radius 1 is 1.06 bits per heavy atom. The maximum Gasteiger partial charge on any atom is 0.331 e. The largest absolute Gasteiger partial charge is 0.331 e. The second-order valence-electron chi connectivity index (χ2n) is 7.57. The molecule has 162 valence electrons. The molecule has 0 amide bonds. The fourth-order valence-electron chi connectivity index (χ4n) is 3.60. The van der Waals surface area contributed by atoms with E-state index in [4.69, 9.17) is 0 Å². The Hall–Kier alpha value is -4.07. The summed E-state index contributed by atoms with van der Waals surface area (Å²) in [6.45, 7) is 2.44. The third-order valence-electron chi connectivity index (χ3n) is 5.31. The number of benzene rings is 2. The Morgan fingerprint density at radius 2 is 1.81 bits per heavy atom. The minimum atomic E-state index is -0.297. The van der Waals surface area contributed by atoms with E-state index in [1.54, 1.807) is 10.6 Å². The first kappa shape index (κ1) is 21.2. The predicted molar refractivity (Wildman–Crippen MR) is 123 cm³/mol. The molecular weight excluding hydrogens is 404 g/mol. The van der Waals surface area contributed by atoms with E-state index in [0.717, 1.165) is 38.9 Å². The van der Waals surface area contributed by atoms with Crippen LogP contribution < -0.4 is 11.2 Å². The van der Waals surface area contributed by atoms with Crippen LogP contribution in [0, 0.1) is 0 Å². The molecular formula is C24H24N6O2. The van der Waals surface area contributed by atoms with Gasteiger partial charge in [-0.2, -0.15) is 0 Å². The summed E-state index contributed by atoms with van der Waals surface area (Å²) in [5.74, 6) is 0.584. The van der Waals surface area contributed by atoms with E-state index in [1.807, 2.05) is 67.6 Å². The number of H-pyrrole nitrogens is 1. The third kappa shape index (κ3) is 4.49. The smallest absolute Gasteiger partial charge is 0.293 e. The highest BCUT2D eigenvalue weighted by Crippen LogP contribution is 2.23. The van der Waals surface area contributed by atoms with Crippen LogP contribution in [0.4, 0.5) is 0 Å².